The molecule has 4 N–H and O–H groups in total. The lowest BCUT2D eigenvalue weighted by Gasteiger charge is -2.04. The molecule has 0 fully saturated rings. The van der Waals surface area contributed by atoms with Gasteiger partial charge in [-0.15, -0.1) is 0 Å². The highest BCUT2D eigenvalue weighted by Gasteiger charge is 2.14. The van der Waals surface area contributed by atoms with E-state index in [1.165, 1.54) is 0 Å². The summed E-state index contributed by atoms with van der Waals surface area (Å²) in [5.74, 6) is 0. The van der Waals surface area contributed by atoms with Crippen LogP contribution in [0, 0.1) is 0 Å². The number of hydrogen-bond acceptors (Lipinski definition) is 3. The van der Waals surface area contributed by atoms with Crippen molar-refractivity contribution < 1.29 is 0 Å². The summed E-state index contributed by atoms with van der Waals surface area (Å²) in [6, 6.07) is 7.17. The molecule has 0 amide bonds. The Morgan fingerprint density at radius 2 is 1.68 bits per heavy atom. The molecule has 0 saturated heterocycles. The molecule has 0 radical (unpaired) electrons. The number of hydrogen-bond donors (Lipinski definition) is 3. The minimum Gasteiger partial charge on any atom is -0.399 e. The third kappa shape index (κ3) is 1.65. The summed E-state index contributed by atoms with van der Waals surface area (Å²) in [5.41, 5.74) is 7.20. The summed E-state index contributed by atoms with van der Waals surface area (Å²) >= 11 is 0. The van der Waals surface area contributed by atoms with Crippen LogP contribution in [0.3, 0.4) is 0 Å². The molecule has 19 heavy (non-hydrogen) atoms. The molecular weight excluding hydrogens is 244 g/mol. The smallest absolute Gasteiger partial charge is 0.272 e. The molecule has 1 aromatic carbocycles. The number of aryl methyl sites for hydroxylation is 1. The van der Waals surface area contributed by atoms with Crippen LogP contribution in [-0.4, -0.2) is 14.8 Å². The average Bonchev–Trinajstić information content (AvgIpc) is 2.74. The van der Waals surface area contributed by atoms with Crippen molar-refractivity contribution in [3.63, 3.8) is 0 Å². The first-order chi connectivity index (χ1) is 9.08. The number of aromatic amines is 2. The molecule has 2 heterocycles. The highest BCUT2D eigenvalue weighted by molar-refractivity contribution is 5.95. The van der Waals surface area contributed by atoms with E-state index in [1.54, 1.807) is 29.9 Å². The van der Waals surface area contributed by atoms with Crippen molar-refractivity contribution in [3.05, 3.63) is 51.2 Å². The van der Waals surface area contributed by atoms with Crippen LogP contribution < -0.4 is 16.9 Å². The normalized spacial score (nSPS) is 11.0. The van der Waals surface area contributed by atoms with Gasteiger partial charge in [-0.25, -0.2) is 0 Å². The van der Waals surface area contributed by atoms with E-state index in [1.807, 2.05) is 12.1 Å². The van der Waals surface area contributed by atoms with Crippen molar-refractivity contribution in [1.82, 2.24) is 14.8 Å². The maximum absolute atomic E-state index is 11.9. The third-order valence-corrected chi connectivity index (χ3v) is 3.13. The molecular formula is C13H12N4O2. The fourth-order valence-corrected chi connectivity index (χ4v) is 2.26. The Morgan fingerprint density at radius 3 is 2.37 bits per heavy atom. The van der Waals surface area contributed by atoms with E-state index in [-0.39, 0.29) is 11.1 Å². The van der Waals surface area contributed by atoms with Gasteiger partial charge in [0.15, 0.2) is 0 Å². The number of nitrogens with zero attached hydrogens (tertiary/aromatic N) is 1. The number of rotatable bonds is 1. The van der Waals surface area contributed by atoms with Crippen LogP contribution in [0.4, 0.5) is 5.69 Å². The minimum absolute atomic E-state index is 0.313. The molecule has 3 aromatic rings. The summed E-state index contributed by atoms with van der Waals surface area (Å²) in [4.78, 5) is 23.7. The lowest BCUT2D eigenvalue weighted by molar-refractivity contribution is 0.942. The lowest BCUT2D eigenvalue weighted by atomic mass is 10.1. The zero-order chi connectivity index (χ0) is 13.6. The Hall–Kier alpha value is -2.76. The van der Waals surface area contributed by atoms with Crippen LogP contribution in [-0.2, 0) is 7.05 Å². The summed E-state index contributed by atoms with van der Waals surface area (Å²) in [5, 5.41) is 5.42. The second-order valence-corrected chi connectivity index (χ2v) is 4.41. The van der Waals surface area contributed by atoms with E-state index in [4.69, 9.17) is 5.73 Å². The van der Waals surface area contributed by atoms with Crippen LogP contribution >= 0.6 is 0 Å². The highest BCUT2D eigenvalue weighted by atomic mass is 16.1. The SMILES string of the molecule is Cn1cc2c(=O)[nH][nH]c(=O)c2c1-c1ccc(N)cc1. The fraction of sp³-hybridized carbons (Fsp3) is 0.0769. The summed E-state index contributed by atoms with van der Waals surface area (Å²) in [7, 11) is 1.80. The first kappa shape index (κ1) is 11.3. The van der Waals surface area contributed by atoms with Gasteiger partial charge in [0.05, 0.1) is 16.5 Å². The molecule has 0 saturated carbocycles. The van der Waals surface area contributed by atoms with Crippen LogP contribution in [0.15, 0.2) is 40.1 Å². The van der Waals surface area contributed by atoms with Gasteiger partial charge in [-0.3, -0.25) is 19.8 Å². The number of benzene rings is 1. The second kappa shape index (κ2) is 3.88. The van der Waals surface area contributed by atoms with Crippen molar-refractivity contribution in [2.75, 3.05) is 5.73 Å². The van der Waals surface area contributed by atoms with Crippen molar-refractivity contribution in [3.8, 4) is 11.3 Å². The Labute approximate surface area is 107 Å². The van der Waals surface area contributed by atoms with Crippen molar-refractivity contribution in [2.45, 2.75) is 0 Å². The Kier molecular flexibility index (Phi) is 2.31. The number of anilines is 1. The molecule has 0 spiro atoms. The Balaban J connectivity index is 2.44. The maximum Gasteiger partial charge on any atom is 0.272 e. The van der Waals surface area contributed by atoms with Gasteiger partial charge in [-0.1, -0.05) is 12.1 Å². The topological polar surface area (TPSA) is 96.7 Å². The van der Waals surface area contributed by atoms with Gasteiger partial charge in [0, 0.05) is 18.9 Å². The van der Waals surface area contributed by atoms with E-state index >= 15 is 0 Å². The molecule has 3 rings (SSSR count). The number of H-pyrrole nitrogens is 2. The molecule has 0 bridgehead atoms. The lowest BCUT2D eigenvalue weighted by Crippen LogP contribution is -2.17. The number of nitrogens with two attached hydrogens (primary N) is 1. The first-order valence-electron chi connectivity index (χ1n) is 5.74. The standard InChI is InChI=1S/C13H12N4O2/c1-17-6-9-10(13(19)16-15-12(9)18)11(17)7-2-4-8(14)5-3-7/h2-6H,14H2,1H3,(H,15,18)(H,16,19). The Morgan fingerprint density at radius 1 is 1.05 bits per heavy atom. The van der Waals surface area contributed by atoms with Crippen LogP contribution in [0.1, 0.15) is 0 Å². The van der Waals surface area contributed by atoms with Gasteiger partial charge in [-0.05, 0) is 17.7 Å². The zero-order valence-corrected chi connectivity index (χ0v) is 10.2. The number of fused-ring (bicyclic) bond motifs is 1. The molecule has 96 valence electrons. The van der Waals surface area contributed by atoms with Crippen molar-refractivity contribution in [2.24, 2.45) is 7.05 Å². The van der Waals surface area contributed by atoms with E-state index < -0.39 is 0 Å². The highest BCUT2D eigenvalue weighted by Crippen LogP contribution is 2.26. The first-order valence-corrected chi connectivity index (χ1v) is 5.74. The molecule has 0 unspecified atom stereocenters. The predicted octanol–water partition coefficient (Wildman–Crippen LogP) is 0.804. The Bertz CT molecular complexity index is 868. The average molecular weight is 256 g/mol. The third-order valence-electron chi connectivity index (χ3n) is 3.13. The van der Waals surface area contributed by atoms with E-state index in [2.05, 4.69) is 10.2 Å². The summed E-state index contributed by atoms with van der Waals surface area (Å²) in [6.45, 7) is 0. The number of aromatic nitrogens is 3. The minimum atomic E-state index is -0.318. The zero-order valence-electron chi connectivity index (χ0n) is 10.2. The van der Waals surface area contributed by atoms with Crippen LogP contribution in [0.25, 0.3) is 22.0 Å². The number of nitrogens with one attached hydrogen (secondary N) is 2. The predicted molar refractivity (Wildman–Crippen MR) is 74.0 cm³/mol. The van der Waals surface area contributed by atoms with Gasteiger partial charge in [0.1, 0.15) is 0 Å². The molecule has 0 aliphatic heterocycles. The summed E-state index contributed by atoms with van der Waals surface area (Å²) in [6.07, 6.45) is 1.65. The molecule has 0 aliphatic rings. The van der Waals surface area contributed by atoms with Crippen molar-refractivity contribution in [1.29, 1.82) is 0 Å². The van der Waals surface area contributed by atoms with E-state index in [0.29, 0.717) is 22.2 Å². The molecule has 6 nitrogen and oxygen atoms in total. The molecule has 0 aliphatic carbocycles. The fourth-order valence-electron chi connectivity index (χ4n) is 2.26. The van der Waals surface area contributed by atoms with Gasteiger partial charge in [0.25, 0.3) is 11.1 Å². The van der Waals surface area contributed by atoms with Crippen molar-refractivity contribution >= 4 is 16.5 Å². The van der Waals surface area contributed by atoms with Gasteiger partial charge >= 0.3 is 0 Å². The quantitative estimate of drug-likeness (QED) is 0.562. The monoisotopic (exact) mass is 256 g/mol. The van der Waals surface area contributed by atoms with Gasteiger partial charge in [0.2, 0.25) is 0 Å². The van der Waals surface area contributed by atoms with E-state index in [9.17, 15) is 9.59 Å². The molecule has 6 heteroatoms. The van der Waals surface area contributed by atoms with Crippen LogP contribution in [0.5, 0.6) is 0 Å². The van der Waals surface area contributed by atoms with Gasteiger partial charge < -0.3 is 10.3 Å². The molecule has 0 atom stereocenters. The van der Waals surface area contributed by atoms with E-state index in [0.717, 1.165) is 5.56 Å². The van der Waals surface area contributed by atoms with Gasteiger partial charge in [-0.2, -0.15) is 0 Å². The second-order valence-electron chi connectivity index (χ2n) is 4.41. The maximum atomic E-state index is 11.9. The number of nitrogen functional groups attached to an aromatic ring is 1. The molecule has 2 aromatic heterocycles. The summed E-state index contributed by atoms with van der Waals surface area (Å²) < 4.78 is 1.76. The van der Waals surface area contributed by atoms with Crippen LogP contribution in [0.2, 0.25) is 0 Å². The largest absolute Gasteiger partial charge is 0.399 e.